The van der Waals surface area contributed by atoms with Crippen LogP contribution >= 0.6 is 12.2 Å². The topological polar surface area (TPSA) is 73.5 Å². The standard InChI is InChI=1S/C14H18N4O2S/c1-14(9-8-10-6-4-3-5-7-10)11(19)18(13(20)16-14)17-12(21)15-2/h3-7H,8-9H2,1-2H3,(H,16,20)(H2,15,17,21)/t14-/m1/s1. The molecule has 2 rings (SSSR count). The first kappa shape index (κ1) is 15.2. The number of nitrogens with zero attached hydrogens (tertiary/aromatic N) is 1. The van der Waals surface area contributed by atoms with Crippen LogP contribution in [0.3, 0.4) is 0 Å². The number of rotatable bonds is 4. The van der Waals surface area contributed by atoms with E-state index in [1.165, 1.54) is 0 Å². The Morgan fingerprint density at radius 2 is 2.00 bits per heavy atom. The van der Waals surface area contributed by atoms with Gasteiger partial charge in [0.05, 0.1) is 0 Å². The number of benzene rings is 1. The number of urea groups is 1. The summed E-state index contributed by atoms with van der Waals surface area (Å²) in [5.74, 6) is -0.332. The highest BCUT2D eigenvalue weighted by Crippen LogP contribution is 2.22. The molecule has 1 aliphatic rings. The molecule has 1 aromatic carbocycles. The zero-order valence-corrected chi connectivity index (χ0v) is 12.8. The van der Waals surface area contributed by atoms with E-state index in [1.807, 2.05) is 30.3 Å². The molecule has 21 heavy (non-hydrogen) atoms. The third-order valence-electron chi connectivity index (χ3n) is 3.46. The Morgan fingerprint density at radius 1 is 1.33 bits per heavy atom. The van der Waals surface area contributed by atoms with Gasteiger partial charge in [-0.3, -0.25) is 10.2 Å². The number of hydrazine groups is 1. The minimum absolute atomic E-state index is 0.214. The molecule has 112 valence electrons. The molecule has 0 spiro atoms. The molecule has 1 heterocycles. The largest absolute Gasteiger partial charge is 0.364 e. The van der Waals surface area contributed by atoms with E-state index in [-0.39, 0.29) is 11.0 Å². The van der Waals surface area contributed by atoms with Crippen molar-refractivity contribution in [3.63, 3.8) is 0 Å². The van der Waals surface area contributed by atoms with E-state index in [1.54, 1.807) is 14.0 Å². The Morgan fingerprint density at radius 3 is 2.62 bits per heavy atom. The van der Waals surface area contributed by atoms with Crippen molar-refractivity contribution in [2.24, 2.45) is 0 Å². The predicted molar refractivity (Wildman–Crippen MR) is 83.3 cm³/mol. The highest BCUT2D eigenvalue weighted by molar-refractivity contribution is 7.80. The summed E-state index contributed by atoms with van der Waals surface area (Å²) in [6, 6.07) is 9.34. The van der Waals surface area contributed by atoms with E-state index in [4.69, 9.17) is 12.2 Å². The van der Waals surface area contributed by atoms with Crippen LogP contribution in [0, 0.1) is 0 Å². The SMILES string of the molecule is CNC(=S)NN1C(=O)N[C@](C)(CCc2ccccc2)C1=O. The number of nitrogens with one attached hydrogen (secondary N) is 3. The summed E-state index contributed by atoms with van der Waals surface area (Å²) in [6.07, 6.45) is 1.22. The number of hydrogen-bond donors (Lipinski definition) is 3. The summed E-state index contributed by atoms with van der Waals surface area (Å²) in [5.41, 5.74) is 2.77. The van der Waals surface area contributed by atoms with Gasteiger partial charge in [-0.1, -0.05) is 30.3 Å². The molecule has 3 amide bonds. The fourth-order valence-corrected chi connectivity index (χ4v) is 2.24. The number of carbonyl (C=O) groups is 2. The number of amides is 3. The van der Waals surface area contributed by atoms with Gasteiger partial charge in [-0.05, 0) is 37.5 Å². The van der Waals surface area contributed by atoms with Gasteiger partial charge in [0.1, 0.15) is 5.54 Å². The minimum Gasteiger partial charge on any atom is -0.364 e. The molecule has 0 saturated carbocycles. The second kappa shape index (κ2) is 6.09. The average molecular weight is 306 g/mol. The van der Waals surface area contributed by atoms with E-state index >= 15 is 0 Å². The lowest BCUT2D eigenvalue weighted by atomic mass is 9.93. The maximum Gasteiger partial charge on any atom is 0.344 e. The smallest absolute Gasteiger partial charge is 0.344 e. The predicted octanol–water partition coefficient (Wildman–Crippen LogP) is 0.939. The Labute approximate surface area is 128 Å². The molecule has 3 N–H and O–H groups in total. The molecule has 6 nitrogen and oxygen atoms in total. The second-order valence-electron chi connectivity index (χ2n) is 5.08. The Bertz CT molecular complexity index is 563. The quantitative estimate of drug-likeness (QED) is 0.570. The van der Waals surface area contributed by atoms with Crippen molar-refractivity contribution in [3.8, 4) is 0 Å². The van der Waals surface area contributed by atoms with Crippen LogP contribution in [-0.2, 0) is 11.2 Å². The summed E-state index contributed by atoms with van der Waals surface area (Å²) >= 11 is 4.92. The van der Waals surface area contributed by atoms with Crippen LogP contribution in [0.5, 0.6) is 0 Å². The van der Waals surface area contributed by atoms with Gasteiger partial charge in [0.15, 0.2) is 5.11 Å². The lowest BCUT2D eigenvalue weighted by molar-refractivity contribution is -0.132. The Kier molecular flexibility index (Phi) is 4.42. The van der Waals surface area contributed by atoms with Gasteiger partial charge in [0, 0.05) is 7.05 Å². The van der Waals surface area contributed by atoms with Crippen LogP contribution in [-0.4, -0.2) is 34.6 Å². The molecule has 1 atom stereocenters. The van der Waals surface area contributed by atoms with E-state index in [0.29, 0.717) is 12.8 Å². The molecule has 0 unspecified atom stereocenters. The van der Waals surface area contributed by atoms with Crippen LogP contribution in [0.4, 0.5) is 4.79 Å². The summed E-state index contributed by atoms with van der Waals surface area (Å²) in [6.45, 7) is 1.72. The number of carbonyl (C=O) groups excluding carboxylic acids is 2. The van der Waals surface area contributed by atoms with Crippen molar-refractivity contribution >= 4 is 29.3 Å². The van der Waals surface area contributed by atoms with Crippen molar-refractivity contribution in [1.29, 1.82) is 0 Å². The van der Waals surface area contributed by atoms with E-state index in [2.05, 4.69) is 16.1 Å². The van der Waals surface area contributed by atoms with E-state index in [0.717, 1.165) is 10.6 Å². The molecule has 1 aliphatic heterocycles. The first-order valence-electron chi connectivity index (χ1n) is 6.65. The summed E-state index contributed by atoms with van der Waals surface area (Å²) in [4.78, 5) is 24.3. The van der Waals surface area contributed by atoms with Gasteiger partial charge in [-0.15, -0.1) is 0 Å². The van der Waals surface area contributed by atoms with Crippen LogP contribution in [0.2, 0.25) is 0 Å². The first-order valence-corrected chi connectivity index (χ1v) is 7.06. The Balaban J connectivity index is 2.04. The first-order chi connectivity index (χ1) is 9.96. The molecule has 1 saturated heterocycles. The highest BCUT2D eigenvalue weighted by atomic mass is 32.1. The lowest BCUT2D eigenvalue weighted by Crippen LogP contribution is -2.51. The highest BCUT2D eigenvalue weighted by Gasteiger charge is 2.48. The zero-order valence-electron chi connectivity index (χ0n) is 12.0. The van der Waals surface area contributed by atoms with Crippen molar-refractivity contribution in [2.45, 2.75) is 25.3 Å². The molecular weight excluding hydrogens is 288 g/mol. The fraction of sp³-hybridized carbons (Fsp3) is 0.357. The number of aryl methyl sites for hydroxylation is 1. The number of hydrogen-bond acceptors (Lipinski definition) is 3. The fourth-order valence-electron chi connectivity index (χ4n) is 2.15. The van der Waals surface area contributed by atoms with Crippen LogP contribution in [0.1, 0.15) is 18.9 Å². The van der Waals surface area contributed by atoms with Crippen molar-refractivity contribution < 1.29 is 9.59 Å². The maximum absolute atomic E-state index is 12.4. The summed E-state index contributed by atoms with van der Waals surface area (Å²) < 4.78 is 0. The third-order valence-corrected chi connectivity index (χ3v) is 3.75. The van der Waals surface area contributed by atoms with Crippen molar-refractivity contribution in [3.05, 3.63) is 35.9 Å². The molecule has 0 bridgehead atoms. The molecule has 0 radical (unpaired) electrons. The molecule has 7 heteroatoms. The van der Waals surface area contributed by atoms with Crippen LogP contribution in [0.15, 0.2) is 30.3 Å². The average Bonchev–Trinajstić information content (AvgIpc) is 2.70. The minimum atomic E-state index is -0.927. The number of thiocarbonyl (C=S) groups is 1. The third kappa shape index (κ3) is 3.30. The molecule has 1 aromatic rings. The Hall–Kier alpha value is -2.15. The molecule has 0 aliphatic carbocycles. The van der Waals surface area contributed by atoms with Crippen LogP contribution < -0.4 is 16.1 Å². The molecule has 0 aromatic heterocycles. The lowest BCUT2D eigenvalue weighted by Gasteiger charge is -2.22. The maximum atomic E-state index is 12.4. The van der Waals surface area contributed by atoms with Crippen molar-refractivity contribution in [1.82, 2.24) is 21.1 Å². The second-order valence-corrected chi connectivity index (χ2v) is 5.49. The number of imide groups is 1. The van der Waals surface area contributed by atoms with E-state index in [9.17, 15) is 9.59 Å². The monoisotopic (exact) mass is 306 g/mol. The van der Waals surface area contributed by atoms with Gasteiger partial charge in [-0.25, -0.2) is 4.79 Å². The summed E-state index contributed by atoms with van der Waals surface area (Å²) in [7, 11) is 1.61. The van der Waals surface area contributed by atoms with Gasteiger partial charge in [0.2, 0.25) is 0 Å². The van der Waals surface area contributed by atoms with Gasteiger partial charge < -0.3 is 10.6 Å². The van der Waals surface area contributed by atoms with Gasteiger partial charge >= 0.3 is 6.03 Å². The summed E-state index contributed by atoms with van der Waals surface area (Å²) in [5, 5.41) is 6.52. The van der Waals surface area contributed by atoms with Crippen molar-refractivity contribution in [2.75, 3.05) is 7.05 Å². The van der Waals surface area contributed by atoms with Gasteiger partial charge in [-0.2, -0.15) is 5.01 Å². The zero-order chi connectivity index (χ0) is 15.5. The normalized spacial score (nSPS) is 21.1. The van der Waals surface area contributed by atoms with Gasteiger partial charge in [0.25, 0.3) is 5.91 Å². The van der Waals surface area contributed by atoms with Crippen LogP contribution in [0.25, 0.3) is 0 Å². The van der Waals surface area contributed by atoms with E-state index < -0.39 is 11.6 Å². The molecular formula is C14H18N4O2S. The molecule has 1 fully saturated rings.